The molecule has 1 aromatic heterocycles. The van der Waals surface area contributed by atoms with Gasteiger partial charge in [-0.05, 0) is 42.8 Å². The molecule has 0 unspecified atom stereocenters. The number of rotatable bonds is 6. The van der Waals surface area contributed by atoms with Crippen molar-refractivity contribution in [2.24, 2.45) is 0 Å². The highest BCUT2D eigenvalue weighted by Gasteiger charge is 2.27. The van der Waals surface area contributed by atoms with Crippen LogP contribution in [0.2, 0.25) is 5.02 Å². The number of hydrogen-bond donors (Lipinski definition) is 0. The zero-order valence-electron chi connectivity index (χ0n) is 17.4. The van der Waals surface area contributed by atoms with Crippen LogP contribution in [0.3, 0.4) is 0 Å². The number of benzene rings is 2. The van der Waals surface area contributed by atoms with Gasteiger partial charge in [0.2, 0.25) is 16.8 Å². The summed E-state index contributed by atoms with van der Waals surface area (Å²) in [6.07, 6.45) is 0. The average Bonchev–Trinajstić information content (AvgIpc) is 3.42. The van der Waals surface area contributed by atoms with Gasteiger partial charge in [0.1, 0.15) is 0 Å². The molecule has 1 fully saturated rings. The van der Waals surface area contributed by atoms with Gasteiger partial charge in [-0.3, -0.25) is 0 Å². The van der Waals surface area contributed by atoms with Gasteiger partial charge >= 0.3 is 0 Å². The zero-order valence-corrected chi connectivity index (χ0v) is 19.8. The molecule has 0 N–H and O–H groups in total. The summed E-state index contributed by atoms with van der Waals surface area (Å²) in [4.78, 5) is 5.00. The Balaban J connectivity index is 1.42. The van der Waals surface area contributed by atoms with Crippen LogP contribution in [-0.2, 0) is 27.1 Å². The second kappa shape index (κ2) is 8.75. The lowest BCUT2D eigenvalue weighted by molar-refractivity contribution is 0.0730. The van der Waals surface area contributed by atoms with Gasteiger partial charge in [0.05, 0.1) is 34.2 Å². The molecule has 32 heavy (non-hydrogen) atoms. The number of halogens is 1. The number of morpholine rings is 1. The summed E-state index contributed by atoms with van der Waals surface area (Å²) >= 11 is 7.87. The summed E-state index contributed by atoms with van der Waals surface area (Å²) in [6, 6.07) is 8.95. The molecule has 0 spiro atoms. The number of imidazole rings is 1. The zero-order chi connectivity index (χ0) is 22.3. The highest BCUT2D eigenvalue weighted by molar-refractivity contribution is 7.98. The topological polar surface area (TPSA) is 82.9 Å². The van der Waals surface area contributed by atoms with Gasteiger partial charge in [0.25, 0.3) is 0 Å². The van der Waals surface area contributed by atoms with Gasteiger partial charge in [-0.25, -0.2) is 13.4 Å². The molecule has 2 aliphatic rings. The molecule has 0 amide bonds. The lowest BCUT2D eigenvalue weighted by Gasteiger charge is -2.26. The Hall–Kier alpha value is -1.98. The summed E-state index contributed by atoms with van der Waals surface area (Å²) in [6.45, 7) is 4.49. The molecule has 3 aromatic rings. The molecule has 5 rings (SSSR count). The number of ether oxygens (including phenoxy) is 3. The first kappa shape index (κ1) is 21.8. The number of nitrogens with zero attached hydrogens (tertiary/aromatic N) is 3. The van der Waals surface area contributed by atoms with Gasteiger partial charge in [-0.2, -0.15) is 4.31 Å². The summed E-state index contributed by atoms with van der Waals surface area (Å²) < 4.78 is 45.7. The van der Waals surface area contributed by atoms with E-state index in [0.29, 0.717) is 54.1 Å². The van der Waals surface area contributed by atoms with Crippen molar-refractivity contribution in [1.82, 2.24) is 13.9 Å². The third-order valence-corrected chi connectivity index (χ3v) is 8.69. The maximum atomic E-state index is 13.0. The van der Waals surface area contributed by atoms with Crippen molar-refractivity contribution in [2.45, 2.75) is 29.3 Å². The maximum Gasteiger partial charge on any atom is 0.243 e. The Labute approximate surface area is 195 Å². The van der Waals surface area contributed by atoms with Crippen molar-refractivity contribution in [3.63, 3.8) is 0 Å². The van der Waals surface area contributed by atoms with Crippen LogP contribution in [0.5, 0.6) is 11.5 Å². The number of aromatic nitrogens is 2. The summed E-state index contributed by atoms with van der Waals surface area (Å²) in [5, 5.41) is 1.34. The van der Waals surface area contributed by atoms with Crippen LogP contribution in [-0.4, -0.2) is 55.4 Å². The molecule has 0 atom stereocenters. The van der Waals surface area contributed by atoms with E-state index < -0.39 is 10.0 Å². The van der Waals surface area contributed by atoms with E-state index >= 15 is 0 Å². The SMILES string of the molecule is CCn1c(SCc2cc(Cl)c3c(c2)OCO3)nc2cc(S(=O)(=O)N3CCOCC3)ccc21. The Morgan fingerprint density at radius 3 is 2.75 bits per heavy atom. The van der Waals surface area contributed by atoms with Crippen molar-refractivity contribution in [1.29, 1.82) is 0 Å². The van der Waals surface area contributed by atoms with Crippen LogP contribution in [0.15, 0.2) is 40.4 Å². The van der Waals surface area contributed by atoms with Gasteiger partial charge in [-0.1, -0.05) is 23.4 Å². The van der Waals surface area contributed by atoms with Crippen LogP contribution in [0.1, 0.15) is 12.5 Å². The number of sulfonamides is 1. The molecule has 3 heterocycles. The fourth-order valence-corrected chi connectivity index (χ4v) is 6.58. The third-order valence-electron chi connectivity index (χ3n) is 5.46. The Kier molecular flexibility index (Phi) is 5.98. The average molecular weight is 496 g/mol. The number of thioether (sulfide) groups is 1. The smallest absolute Gasteiger partial charge is 0.243 e. The van der Waals surface area contributed by atoms with E-state index in [9.17, 15) is 8.42 Å². The number of hydrogen-bond acceptors (Lipinski definition) is 7. The standard InChI is InChI=1S/C21H22ClN3O5S2/c1-2-25-18-4-3-15(32(26,27)24-5-7-28-8-6-24)11-17(18)23-21(25)31-12-14-9-16(22)20-19(10-14)29-13-30-20/h3-4,9-11H,2,5-8,12-13H2,1H3. The predicted octanol–water partition coefficient (Wildman–Crippen LogP) is 3.75. The van der Waals surface area contributed by atoms with E-state index in [2.05, 4.69) is 4.57 Å². The van der Waals surface area contributed by atoms with Crippen LogP contribution >= 0.6 is 23.4 Å². The van der Waals surface area contributed by atoms with Gasteiger partial charge < -0.3 is 18.8 Å². The highest BCUT2D eigenvalue weighted by Crippen LogP contribution is 2.41. The lowest BCUT2D eigenvalue weighted by Crippen LogP contribution is -2.40. The maximum absolute atomic E-state index is 13.0. The Bertz CT molecular complexity index is 1270. The van der Waals surface area contributed by atoms with Crippen molar-refractivity contribution in [3.05, 3.63) is 40.9 Å². The largest absolute Gasteiger partial charge is 0.454 e. The predicted molar refractivity (Wildman–Crippen MR) is 122 cm³/mol. The van der Waals surface area contributed by atoms with Crippen LogP contribution in [0.25, 0.3) is 11.0 Å². The fraction of sp³-hybridized carbons (Fsp3) is 0.381. The first-order chi connectivity index (χ1) is 15.5. The van der Waals surface area contributed by atoms with Crippen molar-refractivity contribution >= 4 is 44.4 Å². The Morgan fingerprint density at radius 1 is 1.16 bits per heavy atom. The molecule has 2 aliphatic heterocycles. The number of fused-ring (bicyclic) bond motifs is 2. The molecule has 11 heteroatoms. The normalized spacial score (nSPS) is 16.7. The first-order valence-corrected chi connectivity index (χ1v) is 13.1. The number of aryl methyl sites for hydroxylation is 1. The molecule has 0 saturated carbocycles. The molecular formula is C21H22ClN3O5S2. The summed E-state index contributed by atoms with van der Waals surface area (Å²) in [5.41, 5.74) is 2.56. The lowest BCUT2D eigenvalue weighted by atomic mass is 10.2. The minimum atomic E-state index is -3.57. The third kappa shape index (κ3) is 3.94. The minimum absolute atomic E-state index is 0.174. The van der Waals surface area contributed by atoms with E-state index in [1.165, 1.54) is 4.31 Å². The quantitative estimate of drug-likeness (QED) is 0.481. The van der Waals surface area contributed by atoms with Crippen LogP contribution < -0.4 is 9.47 Å². The monoisotopic (exact) mass is 495 g/mol. The van der Waals surface area contributed by atoms with E-state index in [4.69, 9.17) is 30.8 Å². The molecule has 1 saturated heterocycles. The second-order valence-electron chi connectivity index (χ2n) is 7.41. The molecule has 0 aliphatic carbocycles. The van der Waals surface area contributed by atoms with E-state index in [1.807, 2.05) is 25.1 Å². The molecular weight excluding hydrogens is 474 g/mol. The molecule has 0 bridgehead atoms. The van der Waals surface area contributed by atoms with E-state index in [-0.39, 0.29) is 11.7 Å². The summed E-state index contributed by atoms with van der Waals surface area (Å²) in [7, 11) is -3.57. The molecule has 8 nitrogen and oxygen atoms in total. The second-order valence-corrected chi connectivity index (χ2v) is 10.7. The first-order valence-electron chi connectivity index (χ1n) is 10.3. The van der Waals surface area contributed by atoms with E-state index in [1.54, 1.807) is 23.9 Å². The molecule has 170 valence electrons. The van der Waals surface area contributed by atoms with Crippen molar-refractivity contribution in [3.8, 4) is 11.5 Å². The molecule has 2 aromatic carbocycles. The van der Waals surface area contributed by atoms with Crippen molar-refractivity contribution in [2.75, 3.05) is 33.1 Å². The van der Waals surface area contributed by atoms with Gasteiger partial charge in [-0.15, -0.1) is 0 Å². The summed E-state index contributed by atoms with van der Waals surface area (Å²) in [5.74, 6) is 1.86. The van der Waals surface area contributed by atoms with Crippen LogP contribution in [0, 0.1) is 0 Å². The highest BCUT2D eigenvalue weighted by atomic mass is 35.5. The Morgan fingerprint density at radius 2 is 1.97 bits per heavy atom. The van der Waals surface area contributed by atoms with Gasteiger partial charge in [0, 0.05) is 25.4 Å². The minimum Gasteiger partial charge on any atom is -0.454 e. The van der Waals surface area contributed by atoms with E-state index in [0.717, 1.165) is 22.8 Å². The fourth-order valence-electron chi connectivity index (χ4n) is 3.85. The molecule has 0 radical (unpaired) electrons. The van der Waals surface area contributed by atoms with Crippen LogP contribution in [0.4, 0.5) is 0 Å². The van der Waals surface area contributed by atoms with Crippen molar-refractivity contribution < 1.29 is 22.6 Å². The van der Waals surface area contributed by atoms with Gasteiger partial charge in [0.15, 0.2) is 16.7 Å².